The Bertz CT molecular complexity index is 1410. The Morgan fingerprint density at radius 2 is 1.67 bits per heavy atom. The van der Waals surface area contributed by atoms with Gasteiger partial charge in [0, 0.05) is 27.2 Å². The predicted octanol–water partition coefficient (Wildman–Crippen LogP) is 5.35. The van der Waals surface area contributed by atoms with Crippen LogP contribution in [0.2, 0.25) is 0 Å². The van der Waals surface area contributed by atoms with E-state index < -0.39 is 0 Å². The van der Waals surface area contributed by atoms with E-state index in [0.29, 0.717) is 0 Å². The van der Waals surface area contributed by atoms with Gasteiger partial charge >= 0.3 is 0 Å². The number of hydrogen-bond donors (Lipinski definition) is 0. The highest BCUT2D eigenvalue weighted by molar-refractivity contribution is 7.26. The number of imidazole rings is 2. The quantitative estimate of drug-likeness (QED) is 0.369. The molecule has 0 saturated heterocycles. The van der Waals surface area contributed by atoms with E-state index in [1.807, 2.05) is 17.4 Å². The first-order chi connectivity index (χ1) is 11.8. The van der Waals surface area contributed by atoms with Crippen LogP contribution in [0, 0.1) is 0 Å². The zero-order valence-electron chi connectivity index (χ0n) is 13.0. The summed E-state index contributed by atoms with van der Waals surface area (Å²) in [5.74, 6) is 0.994. The van der Waals surface area contributed by atoms with Crippen LogP contribution in [0.15, 0.2) is 60.7 Å². The average Bonchev–Trinajstić information content (AvgIpc) is 3.25. The number of fused-ring (bicyclic) bond motifs is 9. The van der Waals surface area contributed by atoms with Crippen molar-refractivity contribution in [3.05, 3.63) is 60.7 Å². The molecule has 0 spiro atoms. The molecule has 3 aromatic carbocycles. The summed E-state index contributed by atoms with van der Waals surface area (Å²) in [5, 5.41) is 2.66. The monoisotopic (exact) mass is 327 g/mol. The van der Waals surface area contributed by atoms with E-state index >= 15 is 0 Å². The lowest BCUT2D eigenvalue weighted by Crippen LogP contribution is -1.87. The molecule has 0 aliphatic rings. The fraction of sp³-hybridized carbons (Fsp3) is 0.0500. The van der Waals surface area contributed by atoms with Crippen molar-refractivity contribution in [1.82, 2.24) is 14.0 Å². The standard InChI is InChI=1S/C20H13N3S/c1-22-15-10-11-17-18(12-6-2-5-9-16(12)24-17)19(15)23-14-8-4-3-7-13(14)21-20(22)23/h2-11H,1H3. The highest BCUT2D eigenvalue weighted by Gasteiger charge is 2.18. The van der Waals surface area contributed by atoms with E-state index in [1.54, 1.807) is 0 Å². The molecule has 3 nitrogen and oxygen atoms in total. The number of nitrogens with zero attached hydrogens (tertiary/aromatic N) is 3. The van der Waals surface area contributed by atoms with E-state index in [2.05, 4.69) is 70.6 Å². The topological polar surface area (TPSA) is 22.2 Å². The summed E-state index contributed by atoms with van der Waals surface area (Å²) in [6.45, 7) is 0. The second kappa shape index (κ2) is 4.16. The van der Waals surface area contributed by atoms with Gasteiger partial charge in [0.25, 0.3) is 0 Å². The molecule has 0 atom stereocenters. The molecule has 0 fully saturated rings. The smallest absolute Gasteiger partial charge is 0.215 e. The summed E-state index contributed by atoms with van der Waals surface area (Å²) in [6.07, 6.45) is 0. The Hall–Kier alpha value is -2.85. The van der Waals surface area contributed by atoms with Gasteiger partial charge in [0.05, 0.1) is 22.1 Å². The van der Waals surface area contributed by atoms with Gasteiger partial charge in [-0.25, -0.2) is 4.98 Å². The lowest BCUT2D eigenvalue weighted by atomic mass is 10.1. The van der Waals surface area contributed by atoms with Crippen molar-refractivity contribution in [1.29, 1.82) is 0 Å². The normalized spacial score (nSPS) is 12.4. The third-order valence-electron chi connectivity index (χ3n) is 4.92. The number of aryl methyl sites for hydroxylation is 1. The van der Waals surface area contributed by atoms with Gasteiger partial charge in [-0.2, -0.15) is 0 Å². The Morgan fingerprint density at radius 1 is 0.833 bits per heavy atom. The maximum absolute atomic E-state index is 4.85. The summed E-state index contributed by atoms with van der Waals surface area (Å²) >= 11 is 1.86. The van der Waals surface area contributed by atoms with Crippen LogP contribution in [-0.4, -0.2) is 14.0 Å². The fourth-order valence-electron chi connectivity index (χ4n) is 3.85. The van der Waals surface area contributed by atoms with Gasteiger partial charge in [0.1, 0.15) is 0 Å². The zero-order chi connectivity index (χ0) is 15.8. The lowest BCUT2D eigenvalue weighted by Gasteiger charge is -1.99. The van der Waals surface area contributed by atoms with Gasteiger partial charge in [-0.15, -0.1) is 11.3 Å². The second-order valence-electron chi connectivity index (χ2n) is 6.20. The molecule has 24 heavy (non-hydrogen) atoms. The Balaban J connectivity index is 2.03. The minimum Gasteiger partial charge on any atom is -0.313 e. The van der Waals surface area contributed by atoms with Crippen LogP contribution in [0.3, 0.4) is 0 Å². The molecular formula is C20H13N3S. The zero-order valence-corrected chi connectivity index (χ0v) is 13.8. The molecule has 4 heteroatoms. The maximum atomic E-state index is 4.85. The molecule has 0 radical (unpaired) electrons. The summed E-state index contributed by atoms with van der Waals surface area (Å²) in [6, 6.07) is 21.5. The number of hydrogen-bond acceptors (Lipinski definition) is 2. The van der Waals surface area contributed by atoms with E-state index in [-0.39, 0.29) is 0 Å². The van der Waals surface area contributed by atoms with E-state index in [1.165, 1.54) is 36.7 Å². The minimum absolute atomic E-state index is 0.994. The average molecular weight is 327 g/mol. The third-order valence-corrected chi connectivity index (χ3v) is 6.06. The molecule has 6 aromatic rings. The van der Waals surface area contributed by atoms with Gasteiger partial charge in [0.15, 0.2) is 0 Å². The summed E-state index contributed by atoms with van der Waals surface area (Å²) in [4.78, 5) is 4.85. The molecule has 0 saturated carbocycles. The molecule has 0 bridgehead atoms. The Kier molecular flexibility index (Phi) is 2.18. The van der Waals surface area contributed by atoms with Crippen LogP contribution in [0.25, 0.3) is 48.0 Å². The SMILES string of the molecule is Cn1c2ccc3sc4ccccc4c3c2n2c3ccccc3nc12. The fourth-order valence-corrected chi connectivity index (χ4v) is 4.96. The molecule has 0 N–H and O–H groups in total. The molecule has 3 aromatic heterocycles. The molecule has 6 rings (SSSR count). The van der Waals surface area contributed by atoms with Crippen LogP contribution >= 0.6 is 11.3 Å². The third kappa shape index (κ3) is 1.36. The molecule has 0 aliphatic heterocycles. The Labute approximate surface area is 141 Å². The van der Waals surface area contributed by atoms with E-state index in [9.17, 15) is 0 Å². The van der Waals surface area contributed by atoms with Gasteiger partial charge in [-0.05, 0) is 30.3 Å². The van der Waals surface area contributed by atoms with Crippen LogP contribution in [0.5, 0.6) is 0 Å². The predicted molar refractivity (Wildman–Crippen MR) is 102 cm³/mol. The second-order valence-corrected chi connectivity index (χ2v) is 7.28. The van der Waals surface area contributed by atoms with E-state index in [0.717, 1.165) is 11.3 Å². The van der Waals surface area contributed by atoms with Gasteiger partial charge in [-0.1, -0.05) is 30.3 Å². The van der Waals surface area contributed by atoms with Crippen molar-refractivity contribution in [2.45, 2.75) is 0 Å². The van der Waals surface area contributed by atoms with Crippen molar-refractivity contribution in [2.75, 3.05) is 0 Å². The Morgan fingerprint density at radius 3 is 2.62 bits per heavy atom. The highest BCUT2D eigenvalue weighted by Crippen LogP contribution is 2.39. The largest absolute Gasteiger partial charge is 0.313 e. The van der Waals surface area contributed by atoms with Gasteiger partial charge < -0.3 is 4.57 Å². The molecule has 114 valence electrons. The number of benzene rings is 3. The first-order valence-corrected chi connectivity index (χ1v) is 8.80. The van der Waals surface area contributed by atoms with E-state index in [4.69, 9.17) is 4.98 Å². The first kappa shape index (κ1) is 12.6. The highest BCUT2D eigenvalue weighted by atomic mass is 32.1. The minimum atomic E-state index is 0.994. The molecular weight excluding hydrogens is 314 g/mol. The van der Waals surface area contributed by atoms with Crippen molar-refractivity contribution in [3.8, 4) is 0 Å². The number of para-hydroxylation sites is 2. The molecule has 3 heterocycles. The van der Waals surface area contributed by atoms with Crippen molar-refractivity contribution in [3.63, 3.8) is 0 Å². The number of aromatic nitrogens is 3. The molecule has 0 aliphatic carbocycles. The number of thiophene rings is 1. The number of rotatable bonds is 0. The summed E-state index contributed by atoms with van der Waals surface area (Å²) in [5.41, 5.74) is 4.69. The van der Waals surface area contributed by atoms with Crippen LogP contribution < -0.4 is 0 Å². The van der Waals surface area contributed by atoms with Crippen LogP contribution in [0.4, 0.5) is 0 Å². The molecule has 0 unspecified atom stereocenters. The van der Waals surface area contributed by atoms with Gasteiger partial charge in [0.2, 0.25) is 5.78 Å². The first-order valence-electron chi connectivity index (χ1n) is 7.99. The van der Waals surface area contributed by atoms with Crippen molar-refractivity contribution >= 4 is 59.4 Å². The maximum Gasteiger partial charge on any atom is 0.215 e. The van der Waals surface area contributed by atoms with Crippen LogP contribution in [-0.2, 0) is 7.05 Å². The summed E-state index contributed by atoms with van der Waals surface area (Å²) < 4.78 is 7.17. The van der Waals surface area contributed by atoms with Gasteiger partial charge in [-0.3, -0.25) is 4.40 Å². The summed E-state index contributed by atoms with van der Waals surface area (Å²) in [7, 11) is 2.10. The lowest BCUT2D eigenvalue weighted by molar-refractivity contribution is 0.974. The van der Waals surface area contributed by atoms with Crippen molar-refractivity contribution in [2.24, 2.45) is 7.05 Å². The molecule has 0 amide bonds. The van der Waals surface area contributed by atoms with Crippen LogP contribution in [0.1, 0.15) is 0 Å². The van der Waals surface area contributed by atoms with Crippen molar-refractivity contribution < 1.29 is 0 Å².